The van der Waals surface area contributed by atoms with E-state index in [0.29, 0.717) is 24.2 Å². The lowest BCUT2D eigenvalue weighted by Gasteiger charge is -2.29. The van der Waals surface area contributed by atoms with Gasteiger partial charge in [-0.05, 0) is 41.9 Å². The van der Waals surface area contributed by atoms with Crippen LogP contribution in [0.15, 0.2) is 53.6 Å². The number of hydrogen-bond acceptors (Lipinski definition) is 5. The van der Waals surface area contributed by atoms with Crippen molar-refractivity contribution in [1.82, 2.24) is 10.3 Å². The molecule has 2 aromatic carbocycles. The molecule has 4 rings (SSSR count). The highest BCUT2D eigenvalue weighted by molar-refractivity contribution is 8.15. The second-order valence-corrected chi connectivity index (χ2v) is 8.20. The number of amidine groups is 1. The highest BCUT2D eigenvalue weighted by Gasteiger charge is 2.61. The molecule has 7 nitrogen and oxygen atoms in total. The van der Waals surface area contributed by atoms with Gasteiger partial charge in [-0.15, -0.1) is 5.10 Å². The van der Waals surface area contributed by atoms with Crippen LogP contribution >= 0.6 is 11.8 Å². The van der Waals surface area contributed by atoms with E-state index in [-0.39, 0.29) is 11.1 Å². The Morgan fingerprint density at radius 3 is 2.57 bits per heavy atom. The highest BCUT2D eigenvalue weighted by Crippen LogP contribution is 2.54. The lowest BCUT2D eigenvalue weighted by Crippen LogP contribution is -2.49. The van der Waals surface area contributed by atoms with Crippen LogP contribution in [-0.2, 0) is 25.7 Å². The molecule has 1 N–H and O–H groups in total. The largest absolute Gasteiger partial charge is 0.308 e. The van der Waals surface area contributed by atoms with Crippen LogP contribution in [-0.4, -0.2) is 34.4 Å². The molecule has 1 atom stereocenters. The van der Waals surface area contributed by atoms with Gasteiger partial charge in [0.25, 0.3) is 5.91 Å². The van der Waals surface area contributed by atoms with E-state index in [1.54, 1.807) is 4.90 Å². The summed E-state index contributed by atoms with van der Waals surface area (Å²) < 4.78 is 14.2. The van der Waals surface area contributed by atoms with Crippen molar-refractivity contribution in [2.75, 3.05) is 11.4 Å². The van der Waals surface area contributed by atoms with Crippen molar-refractivity contribution in [3.63, 3.8) is 0 Å². The minimum absolute atomic E-state index is 0.117. The predicted molar refractivity (Wildman–Crippen MR) is 112 cm³/mol. The molecule has 1 unspecified atom stereocenters. The molecule has 0 fully saturated rings. The molecule has 0 radical (unpaired) electrons. The van der Waals surface area contributed by atoms with Crippen LogP contribution in [0.3, 0.4) is 0 Å². The van der Waals surface area contributed by atoms with Crippen LogP contribution in [0.2, 0.25) is 0 Å². The van der Waals surface area contributed by atoms with E-state index in [1.165, 1.54) is 32.0 Å². The van der Waals surface area contributed by atoms with Crippen molar-refractivity contribution in [3.8, 4) is 0 Å². The maximum Gasteiger partial charge on any atom is 0.270 e. The number of carbonyl (C=O) groups is 3. The topological polar surface area (TPSA) is 82.1 Å². The molecule has 2 aliphatic rings. The third-order valence-electron chi connectivity index (χ3n) is 4.93. The average Bonchev–Trinajstić information content (AvgIpc) is 3.18. The summed E-state index contributed by atoms with van der Waals surface area (Å²) in [7, 11) is 0. The molecule has 0 saturated carbocycles. The summed E-state index contributed by atoms with van der Waals surface area (Å²) in [6, 6.07) is 13.8. The lowest BCUT2D eigenvalue weighted by atomic mass is 10.1. The van der Waals surface area contributed by atoms with Crippen molar-refractivity contribution in [2.24, 2.45) is 5.10 Å². The smallest absolute Gasteiger partial charge is 0.270 e. The van der Waals surface area contributed by atoms with Crippen LogP contribution in [0.1, 0.15) is 25.0 Å². The first-order valence-corrected chi connectivity index (χ1v) is 10.2. The zero-order chi connectivity index (χ0) is 21.5. The number of benzene rings is 2. The SMILES string of the molecule is CC(=O)NC1=NN(C(C)=O)C2(S1)C(=O)N(CCc1ccccc1)c1ccc(F)cc12. The first kappa shape index (κ1) is 20.1. The van der Waals surface area contributed by atoms with E-state index in [0.717, 1.165) is 22.3 Å². The first-order chi connectivity index (χ1) is 14.3. The molecule has 2 aliphatic heterocycles. The summed E-state index contributed by atoms with van der Waals surface area (Å²) in [6.45, 7) is 2.94. The van der Waals surface area contributed by atoms with Crippen LogP contribution in [0, 0.1) is 5.82 Å². The predicted octanol–water partition coefficient (Wildman–Crippen LogP) is 2.57. The number of hydrogen-bond donors (Lipinski definition) is 1. The fourth-order valence-electron chi connectivity index (χ4n) is 3.69. The Kier molecular flexibility index (Phi) is 5.07. The van der Waals surface area contributed by atoms with Gasteiger partial charge in [0.1, 0.15) is 5.82 Å². The number of anilines is 1. The summed E-state index contributed by atoms with van der Waals surface area (Å²) in [5.41, 5.74) is 1.91. The molecule has 3 amide bonds. The normalized spacial score (nSPS) is 19.8. The number of halogens is 1. The Bertz CT molecular complexity index is 1080. The number of rotatable bonds is 3. The molecule has 0 aromatic heterocycles. The molecule has 2 aromatic rings. The van der Waals surface area contributed by atoms with Gasteiger partial charge in [0, 0.05) is 26.0 Å². The second kappa shape index (κ2) is 7.56. The fourth-order valence-corrected chi connectivity index (χ4v) is 5.02. The minimum atomic E-state index is -1.59. The van der Waals surface area contributed by atoms with Crippen LogP contribution in [0.25, 0.3) is 0 Å². The minimum Gasteiger partial charge on any atom is -0.308 e. The molecule has 9 heteroatoms. The van der Waals surface area contributed by atoms with Gasteiger partial charge in [-0.1, -0.05) is 30.3 Å². The standard InChI is InChI=1S/C21H19FN4O3S/c1-13(27)23-20-24-26(14(2)28)21(30-20)17-12-16(22)8-9-18(17)25(19(21)29)11-10-15-6-4-3-5-7-15/h3-9,12H,10-11H2,1-2H3,(H,23,24,27). The molecule has 2 heterocycles. The average molecular weight is 426 g/mol. The molecule has 30 heavy (non-hydrogen) atoms. The van der Waals surface area contributed by atoms with Gasteiger partial charge >= 0.3 is 0 Å². The van der Waals surface area contributed by atoms with Gasteiger partial charge in [0.15, 0.2) is 5.17 Å². The van der Waals surface area contributed by atoms with E-state index >= 15 is 0 Å². The van der Waals surface area contributed by atoms with Crippen molar-refractivity contribution in [2.45, 2.75) is 25.1 Å². The van der Waals surface area contributed by atoms with E-state index in [9.17, 15) is 18.8 Å². The first-order valence-electron chi connectivity index (χ1n) is 9.35. The highest BCUT2D eigenvalue weighted by atomic mass is 32.2. The number of amides is 3. The number of thioether (sulfide) groups is 1. The van der Waals surface area contributed by atoms with Gasteiger partial charge in [-0.3, -0.25) is 14.4 Å². The van der Waals surface area contributed by atoms with Crippen molar-refractivity contribution < 1.29 is 18.8 Å². The molecular weight excluding hydrogens is 407 g/mol. The Labute approximate surface area is 176 Å². The third kappa shape index (κ3) is 3.24. The molecule has 0 aliphatic carbocycles. The zero-order valence-corrected chi connectivity index (χ0v) is 17.2. The Morgan fingerprint density at radius 2 is 1.90 bits per heavy atom. The van der Waals surface area contributed by atoms with E-state index in [4.69, 9.17) is 0 Å². The quantitative estimate of drug-likeness (QED) is 0.818. The van der Waals surface area contributed by atoms with Gasteiger partial charge in [-0.25, -0.2) is 4.39 Å². The summed E-state index contributed by atoms with van der Waals surface area (Å²) >= 11 is 0.936. The van der Waals surface area contributed by atoms with Crippen LogP contribution in [0.4, 0.5) is 10.1 Å². The van der Waals surface area contributed by atoms with Gasteiger partial charge < -0.3 is 10.2 Å². The molecule has 0 bridgehead atoms. The summed E-state index contributed by atoms with van der Waals surface area (Å²) in [5.74, 6) is -1.80. The zero-order valence-electron chi connectivity index (χ0n) is 16.4. The lowest BCUT2D eigenvalue weighted by molar-refractivity contribution is -0.139. The van der Waals surface area contributed by atoms with E-state index in [1.807, 2.05) is 30.3 Å². The van der Waals surface area contributed by atoms with Gasteiger partial charge in [-0.2, -0.15) is 5.01 Å². The van der Waals surface area contributed by atoms with E-state index in [2.05, 4.69) is 10.4 Å². The second-order valence-electron chi connectivity index (χ2n) is 7.02. The summed E-state index contributed by atoms with van der Waals surface area (Å²) in [4.78, 5) is 37.5. The Morgan fingerprint density at radius 1 is 1.17 bits per heavy atom. The monoisotopic (exact) mass is 426 g/mol. The Hall–Kier alpha value is -3.20. The Balaban J connectivity index is 1.75. The number of hydrazone groups is 1. The van der Waals surface area contributed by atoms with Crippen molar-refractivity contribution in [1.29, 1.82) is 0 Å². The molecular formula is C21H19FN4O3S. The van der Waals surface area contributed by atoms with E-state index < -0.39 is 22.5 Å². The molecule has 0 saturated heterocycles. The van der Waals surface area contributed by atoms with Gasteiger partial charge in [0.05, 0.1) is 5.69 Å². The number of carbonyl (C=O) groups excluding carboxylic acids is 3. The maximum atomic E-state index is 14.2. The maximum absolute atomic E-state index is 14.2. The number of nitrogens with zero attached hydrogens (tertiary/aromatic N) is 3. The van der Waals surface area contributed by atoms with Crippen molar-refractivity contribution >= 4 is 40.3 Å². The summed E-state index contributed by atoms with van der Waals surface area (Å²) in [5, 5.41) is 7.84. The molecule has 1 spiro atoms. The fraction of sp³-hybridized carbons (Fsp3) is 0.238. The van der Waals surface area contributed by atoms with Crippen molar-refractivity contribution in [3.05, 3.63) is 65.5 Å². The van der Waals surface area contributed by atoms with Crippen LogP contribution in [0.5, 0.6) is 0 Å². The molecule has 154 valence electrons. The third-order valence-corrected chi connectivity index (χ3v) is 6.17. The van der Waals surface area contributed by atoms with Crippen LogP contribution < -0.4 is 10.2 Å². The summed E-state index contributed by atoms with van der Waals surface area (Å²) in [6.07, 6.45) is 0.587. The number of nitrogens with one attached hydrogen (secondary N) is 1. The number of fused-ring (bicyclic) bond motifs is 2. The van der Waals surface area contributed by atoms with Gasteiger partial charge in [0.2, 0.25) is 16.7 Å².